The number of hydrogen-bond donors (Lipinski definition) is 2. The smallest absolute Gasteiger partial charge is 0.263 e. The van der Waals surface area contributed by atoms with E-state index < -0.39 is 5.91 Å². The highest BCUT2D eigenvalue weighted by molar-refractivity contribution is 7.14. The molecule has 2 aromatic rings. The number of carbonyl (C=O) groups excluding carboxylic acids is 2. The average molecular weight is 331 g/mol. The number of nitrogens with one attached hydrogen (secondary N) is 2. The van der Waals surface area contributed by atoms with E-state index in [2.05, 4.69) is 15.3 Å². The molecule has 0 saturated heterocycles. The SMILES string of the molecule is CC(=O)c1csc(NC(=O)c2cc3c([nH]c2=O)CCCCC3)n1. The van der Waals surface area contributed by atoms with E-state index in [0.717, 1.165) is 54.7 Å². The van der Waals surface area contributed by atoms with Gasteiger partial charge in [0.05, 0.1) is 0 Å². The lowest BCUT2D eigenvalue weighted by Crippen LogP contribution is -2.25. The van der Waals surface area contributed by atoms with Gasteiger partial charge in [0, 0.05) is 18.0 Å². The summed E-state index contributed by atoms with van der Waals surface area (Å²) in [5.74, 6) is -0.660. The van der Waals surface area contributed by atoms with Crippen LogP contribution in [0.25, 0.3) is 0 Å². The maximum atomic E-state index is 12.3. The van der Waals surface area contributed by atoms with Gasteiger partial charge in [-0.3, -0.25) is 19.7 Å². The minimum Gasteiger partial charge on any atom is -0.325 e. The second-order valence-corrected chi connectivity index (χ2v) is 6.48. The number of carbonyl (C=O) groups is 2. The van der Waals surface area contributed by atoms with Crippen molar-refractivity contribution in [1.82, 2.24) is 9.97 Å². The van der Waals surface area contributed by atoms with Crippen LogP contribution < -0.4 is 10.9 Å². The Bertz CT molecular complexity index is 822. The number of fused-ring (bicyclic) bond motifs is 1. The maximum Gasteiger partial charge on any atom is 0.263 e. The van der Waals surface area contributed by atoms with Crippen LogP contribution in [0.15, 0.2) is 16.2 Å². The summed E-state index contributed by atoms with van der Waals surface area (Å²) >= 11 is 1.16. The quantitative estimate of drug-likeness (QED) is 0.668. The lowest BCUT2D eigenvalue weighted by Gasteiger charge is -2.08. The first-order valence-electron chi connectivity index (χ1n) is 7.57. The number of rotatable bonds is 3. The molecule has 0 radical (unpaired) electrons. The van der Waals surface area contributed by atoms with Crippen LogP contribution in [-0.4, -0.2) is 21.7 Å². The summed E-state index contributed by atoms with van der Waals surface area (Å²) in [6.07, 6.45) is 4.97. The third-order valence-electron chi connectivity index (χ3n) is 3.92. The summed E-state index contributed by atoms with van der Waals surface area (Å²) in [6.45, 7) is 1.41. The van der Waals surface area contributed by atoms with Crippen molar-refractivity contribution in [2.45, 2.75) is 39.0 Å². The molecule has 0 fully saturated rings. The Morgan fingerprint density at radius 1 is 1.26 bits per heavy atom. The number of H-pyrrole nitrogens is 1. The molecule has 0 aromatic carbocycles. The number of thiazole rings is 1. The molecule has 6 nitrogen and oxygen atoms in total. The number of nitrogens with zero attached hydrogens (tertiary/aromatic N) is 1. The largest absolute Gasteiger partial charge is 0.325 e. The molecule has 120 valence electrons. The second-order valence-electron chi connectivity index (χ2n) is 5.62. The average Bonchev–Trinajstić information content (AvgIpc) is 2.85. The first-order chi connectivity index (χ1) is 11.0. The molecule has 7 heteroatoms. The molecular weight excluding hydrogens is 314 g/mol. The van der Waals surface area contributed by atoms with E-state index in [1.165, 1.54) is 6.92 Å². The summed E-state index contributed by atoms with van der Waals surface area (Å²) in [4.78, 5) is 42.6. The molecule has 1 amide bonds. The van der Waals surface area contributed by atoms with Gasteiger partial charge in [-0.25, -0.2) is 4.98 Å². The number of Topliss-reactive ketones (excluding diaryl/α,β-unsaturated/α-hetero) is 1. The molecule has 2 N–H and O–H groups in total. The van der Waals surface area contributed by atoms with E-state index in [1.807, 2.05) is 0 Å². The monoisotopic (exact) mass is 331 g/mol. The fourth-order valence-electron chi connectivity index (χ4n) is 2.68. The van der Waals surface area contributed by atoms with Gasteiger partial charge in [0.15, 0.2) is 10.9 Å². The fourth-order valence-corrected chi connectivity index (χ4v) is 3.42. The number of aromatic nitrogens is 2. The summed E-state index contributed by atoms with van der Waals surface area (Å²) in [5, 5.41) is 4.49. The number of hydrogen-bond acceptors (Lipinski definition) is 5. The summed E-state index contributed by atoms with van der Waals surface area (Å²) in [5.41, 5.74) is 1.99. The number of ketones is 1. The van der Waals surface area contributed by atoms with Crippen LogP contribution in [0.3, 0.4) is 0 Å². The third-order valence-corrected chi connectivity index (χ3v) is 4.68. The molecule has 0 saturated carbocycles. The molecule has 2 aromatic heterocycles. The van der Waals surface area contributed by atoms with E-state index in [0.29, 0.717) is 10.8 Å². The van der Waals surface area contributed by atoms with Gasteiger partial charge in [0.25, 0.3) is 11.5 Å². The summed E-state index contributed by atoms with van der Waals surface area (Å²) in [6, 6.07) is 1.69. The topological polar surface area (TPSA) is 91.9 Å². The Kier molecular flexibility index (Phi) is 4.38. The number of aromatic amines is 1. The molecule has 3 rings (SSSR count). The molecule has 23 heavy (non-hydrogen) atoms. The van der Waals surface area contributed by atoms with Gasteiger partial charge in [-0.15, -0.1) is 11.3 Å². The maximum absolute atomic E-state index is 12.3. The Balaban J connectivity index is 1.85. The molecule has 0 spiro atoms. The molecule has 2 heterocycles. The standard InChI is InChI=1S/C16H17N3O3S/c1-9(20)13-8-23-16(18-13)19-15(22)11-7-10-5-3-2-4-6-12(10)17-14(11)21/h7-8H,2-6H2,1H3,(H,17,21)(H,18,19,22). The van der Waals surface area contributed by atoms with Gasteiger partial charge < -0.3 is 4.98 Å². The minimum atomic E-state index is -0.497. The molecule has 0 aliphatic heterocycles. The highest BCUT2D eigenvalue weighted by atomic mass is 32.1. The van der Waals surface area contributed by atoms with Crippen molar-refractivity contribution in [2.24, 2.45) is 0 Å². The van der Waals surface area contributed by atoms with E-state index in [1.54, 1.807) is 11.4 Å². The van der Waals surface area contributed by atoms with Gasteiger partial charge >= 0.3 is 0 Å². The highest BCUT2D eigenvalue weighted by Gasteiger charge is 2.17. The molecule has 0 unspecified atom stereocenters. The summed E-state index contributed by atoms with van der Waals surface area (Å²) in [7, 11) is 0. The Hall–Kier alpha value is -2.28. The highest BCUT2D eigenvalue weighted by Crippen LogP contribution is 2.20. The van der Waals surface area contributed by atoms with E-state index in [-0.39, 0.29) is 16.9 Å². The Morgan fingerprint density at radius 3 is 2.78 bits per heavy atom. The predicted molar refractivity (Wildman–Crippen MR) is 88.4 cm³/mol. The molecule has 0 bridgehead atoms. The van der Waals surface area contributed by atoms with Crippen LogP contribution in [0.5, 0.6) is 0 Å². The van der Waals surface area contributed by atoms with Crippen LogP contribution >= 0.6 is 11.3 Å². The number of aryl methyl sites for hydroxylation is 2. The zero-order chi connectivity index (χ0) is 16.4. The van der Waals surface area contributed by atoms with Crippen molar-refractivity contribution in [3.63, 3.8) is 0 Å². The molecular formula is C16H17N3O3S. The van der Waals surface area contributed by atoms with Crippen LogP contribution in [-0.2, 0) is 12.8 Å². The van der Waals surface area contributed by atoms with Crippen molar-refractivity contribution in [3.05, 3.63) is 44.3 Å². The van der Waals surface area contributed by atoms with Crippen molar-refractivity contribution >= 4 is 28.2 Å². The van der Waals surface area contributed by atoms with Gasteiger partial charge in [-0.05, 0) is 37.3 Å². The van der Waals surface area contributed by atoms with Gasteiger partial charge in [-0.2, -0.15) is 0 Å². The molecule has 0 atom stereocenters. The first-order valence-corrected chi connectivity index (χ1v) is 8.45. The van der Waals surface area contributed by atoms with E-state index in [9.17, 15) is 14.4 Å². The fraction of sp³-hybridized carbons (Fsp3) is 0.375. The molecule has 1 aliphatic carbocycles. The number of anilines is 1. The zero-order valence-corrected chi connectivity index (χ0v) is 13.6. The van der Waals surface area contributed by atoms with Crippen molar-refractivity contribution in [1.29, 1.82) is 0 Å². The van der Waals surface area contributed by atoms with Gasteiger partial charge in [0.1, 0.15) is 11.3 Å². The Morgan fingerprint density at radius 2 is 2.04 bits per heavy atom. The van der Waals surface area contributed by atoms with Crippen molar-refractivity contribution in [2.75, 3.05) is 5.32 Å². The van der Waals surface area contributed by atoms with Crippen molar-refractivity contribution in [3.8, 4) is 0 Å². The zero-order valence-electron chi connectivity index (χ0n) is 12.8. The van der Waals surface area contributed by atoms with Gasteiger partial charge in [-0.1, -0.05) is 6.42 Å². The van der Waals surface area contributed by atoms with E-state index >= 15 is 0 Å². The molecule has 1 aliphatic rings. The predicted octanol–water partition coefficient (Wildman–Crippen LogP) is 2.56. The minimum absolute atomic E-state index is 0.0882. The van der Waals surface area contributed by atoms with Crippen LogP contribution in [0.4, 0.5) is 5.13 Å². The van der Waals surface area contributed by atoms with E-state index in [4.69, 9.17) is 0 Å². The third kappa shape index (κ3) is 3.39. The lowest BCUT2D eigenvalue weighted by atomic mass is 10.1. The van der Waals surface area contributed by atoms with Gasteiger partial charge in [0.2, 0.25) is 0 Å². The van der Waals surface area contributed by atoms with Crippen LogP contribution in [0.2, 0.25) is 0 Å². The normalized spacial score (nSPS) is 14.0. The lowest BCUT2D eigenvalue weighted by molar-refractivity contribution is 0.100. The first kappa shape index (κ1) is 15.6. The number of pyridine rings is 1. The van der Waals surface area contributed by atoms with Crippen molar-refractivity contribution < 1.29 is 9.59 Å². The van der Waals surface area contributed by atoms with Crippen LogP contribution in [0.1, 0.15) is 58.3 Å². The summed E-state index contributed by atoms with van der Waals surface area (Å²) < 4.78 is 0. The van der Waals surface area contributed by atoms with Crippen LogP contribution in [0, 0.1) is 0 Å². The second kappa shape index (κ2) is 6.45. The Labute approximate surface area is 137 Å². The number of amides is 1.